The molecule has 0 aliphatic heterocycles. The number of nitrogens with zero attached hydrogens (tertiary/aromatic N) is 1. The smallest absolute Gasteiger partial charge is 0.146 e. The molecule has 3 nitrogen and oxygen atoms in total. The molecular weight excluding hydrogens is 284 g/mol. The highest BCUT2D eigenvalue weighted by atomic mass is 35.5. The molecule has 21 heavy (non-hydrogen) atoms. The third kappa shape index (κ3) is 5.03. The minimum Gasteiger partial charge on any atom is -0.454 e. The van der Waals surface area contributed by atoms with Gasteiger partial charge in [-0.05, 0) is 57.5 Å². The fourth-order valence-corrected chi connectivity index (χ4v) is 1.99. The number of aryl methyl sites for hydroxylation is 1. The van der Waals surface area contributed by atoms with Crippen molar-refractivity contribution in [3.8, 4) is 11.5 Å². The van der Waals surface area contributed by atoms with E-state index >= 15 is 0 Å². The number of hydrogen-bond acceptors (Lipinski definition) is 3. The summed E-state index contributed by atoms with van der Waals surface area (Å²) in [7, 11) is 0. The van der Waals surface area contributed by atoms with Crippen molar-refractivity contribution in [3.05, 3.63) is 52.8 Å². The molecular formula is C17H21ClN2O. The Bertz CT molecular complexity index is 603. The molecule has 1 aromatic heterocycles. The van der Waals surface area contributed by atoms with Gasteiger partial charge in [-0.15, -0.1) is 0 Å². The Morgan fingerprint density at radius 3 is 2.52 bits per heavy atom. The van der Waals surface area contributed by atoms with Crippen LogP contribution < -0.4 is 10.1 Å². The summed E-state index contributed by atoms with van der Waals surface area (Å²) < 4.78 is 5.75. The lowest BCUT2D eigenvalue weighted by molar-refractivity contribution is 0.424. The minimum absolute atomic E-state index is 0.0786. The van der Waals surface area contributed by atoms with E-state index in [1.165, 1.54) is 0 Å². The zero-order chi connectivity index (χ0) is 15.5. The van der Waals surface area contributed by atoms with Gasteiger partial charge in [0.15, 0.2) is 0 Å². The quantitative estimate of drug-likeness (QED) is 0.887. The molecule has 0 aliphatic carbocycles. The van der Waals surface area contributed by atoms with Crippen LogP contribution in [0.25, 0.3) is 0 Å². The molecule has 0 atom stereocenters. The Morgan fingerprint density at radius 1 is 1.19 bits per heavy atom. The summed E-state index contributed by atoms with van der Waals surface area (Å²) in [6.07, 6.45) is 1.70. The van der Waals surface area contributed by atoms with Gasteiger partial charge in [0.05, 0.1) is 11.2 Å². The summed E-state index contributed by atoms with van der Waals surface area (Å²) in [5.74, 6) is 1.32. The van der Waals surface area contributed by atoms with Crippen LogP contribution in [0.1, 0.15) is 32.0 Å². The van der Waals surface area contributed by atoms with E-state index in [0.29, 0.717) is 16.5 Å². The fraction of sp³-hybridized carbons (Fsp3) is 0.353. The molecule has 112 valence electrons. The highest BCUT2D eigenvalue weighted by Crippen LogP contribution is 2.30. The van der Waals surface area contributed by atoms with Gasteiger partial charge < -0.3 is 10.1 Å². The number of hydrogen-bond donors (Lipinski definition) is 1. The summed E-state index contributed by atoms with van der Waals surface area (Å²) >= 11 is 6.29. The molecule has 1 heterocycles. The highest BCUT2D eigenvalue weighted by molar-refractivity contribution is 6.32. The summed E-state index contributed by atoms with van der Waals surface area (Å²) in [5.41, 5.74) is 2.16. The van der Waals surface area contributed by atoms with E-state index in [0.717, 1.165) is 17.8 Å². The lowest BCUT2D eigenvalue weighted by Crippen LogP contribution is -2.35. The molecule has 0 fully saturated rings. The Hall–Kier alpha value is -1.58. The van der Waals surface area contributed by atoms with E-state index in [9.17, 15) is 0 Å². The van der Waals surface area contributed by atoms with Crippen LogP contribution in [0.15, 0.2) is 36.5 Å². The van der Waals surface area contributed by atoms with Crippen molar-refractivity contribution in [1.82, 2.24) is 10.3 Å². The normalized spacial score (nSPS) is 11.5. The van der Waals surface area contributed by atoms with Crippen LogP contribution in [0.5, 0.6) is 11.5 Å². The van der Waals surface area contributed by atoms with Crippen LogP contribution in [-0.4, -0.2) is 10.5 Å². The van der Waals surface area contributed by atoms with Gasteiger partial charge in [0.1, 0.15) is 11.5 Å². The van der Waals surface area contributed by atoms with Crippen LogP contribution in [0.3, 0.4) is 0 Å². The van der Waals surface area contributed by atoms with Gasteiger partial charge in [0.2, 0.25) is 0 Å². The predicted molar refractivity (Wildman–Crippen MR) is 87.1 cm³/mol. The predicted octanol–water partition coefficient (Wildman–Crippen LogP) is 4.72. The minimum atomic E-state index is 0.0786. The first-order valence-electron chi connectivity index (χ1n) is 6.97. The molecule has 0 spiro atoms. The van der Waals surface area contributed by atoms with Gasteiger partial charge >= 0.3 is 0 Å². The first-order chi connectivity index (χ1) is 9.83. The molecule has 0 aliphatic rings. The molecule has 0 saturated carbocycles. The van der Waals surface area contributed by atoms with Crippen molar-refractivity contribution >= 4 is 11.6 Å². The molecule has 0 bridgehead atoms. The molecule has 2 aromatic rings. The van der Waals surface area contributed by atoms with Crippen molar-refractivity contribution in [3.63, 3.8) is 0 Å². The van der Waals surface area contributed by atoms with Gasteiger partial charge in [-0.3, -0.25) is 4.98 Å². The topological polar surface area (TPSA) is 34.1 Å². The SMILES string of the molecule is Cc1ccc(Oc2ccc(CNC(C)(C)C)cc2Cl)cn1. The first kappa shape index (κ1) is 15.8. The van der Waals surface area contributed by atoms with Crippen LogP contribution in [0.2, 0.25) is 5.02 Å². The largest absolute Gasteiger partial charge is 0.454 e. The molecule has 0 radical (unpaired) electrons. The summed E-state index contributed by atoms with van der Waals surface area (Å²) in [4.78, 5) is 4.20. The molecule has 0 amide bonds. The van der Waals surface area contributed by atoms with Crippen LogP contribution in [-0.2, 0) is 6.54 Å². The summed E-state index contributed by atoms with van der Waals surface area (Å²) in [6, 6.07) is 9.62. The number of pyridine rings is 1. The van der Waals surface area contributed by atoms with Gasteiger partial charge in [-0.2, -0.15) is 0 Å². The molecule has 0 saturated heterocycles. The molecule has 2 rings (SSSR count). The van der Waals surface area contributed by atoms with Gasteiger partial charge in [-0.25, -0.2) is 0 Å². The second-order valence-electron chi connectivity index (χ2n) is 6.11. The molecule has 1 aromatic carbocycles. The lowest BCUT2D eigenvalue weighted by Gasteiger charge is -2.20. The fourth-order valence-electron chi connectivity index (χ4n) is 1.75. The number of ether oxygens (including phenoxy) is 1. The van der Waals surface area contributed by atoms with E-state index in [1.807, 2.05) is 37.3 Å². The number of nitrogens with one attached hydrogen (secondary N) is 1. The van der Waals surface area contributed by atoms with E-state index in [1.54, 1.807) is 6.20 Å². The standard InChI is InChI=1S/C17H21ClN2O/c1-12-5-7-14(11-19-12)21-16-8-6-13(9-15(16)18)10-20-17(2,3)4/h5-9,11,20H,10H2,1-4H3. The van der Waals surface area contributed by atoms with E-state index in [4.69, 9.17) is 16.3 Å². The number of benzene rings is 1. The Kier molecular flexibility index (Phi) is 4.86. The highest BCUT2D eigenvalue weighted by Gasteiger charge is 2.10. The van der Waals surface area contributed by atoms with Crippen molar-refractivity contribution in [1.29, 1.82) is 0 Å². The van der Waals surface area contributed by atoms with Crippen LogP contribution in [0, 0.1) is 6.92 Å². The third-order valence-electron chi connectivity index (χ3n) is 2.93. The zero-order valence-electron chi connectivity index (χ0n) is 12.9. The number of aromatic nitrogens is 1. The zero-order valence-corrected chi connectivity index (χ0v) is 13.7. The van der Waals surface area contributed by atoms with Crippen molar-refractivity contribution in [2.45, 2.75) is 39.8 Å². The average Bonchev–Trinajstić information content (AvgIpc) is 2.41. The third-order valence-corrected chi connectivity index (χ3v) is 3.23. The van der Waals surface area contributed by atoms with Crippen molar-refractivity contribution in [2.75, 3.05) is 0 Å². The molecule has 4 heteroatoms. The van der Waals surface area contributed by atoms with Crippen LogP contribution >= 0.6 is 11.6 Å². The monoisotopic (exact) mass is 304 g/mol. The second kappa shape index (κ2) is 6.46. The Morgan fingerprint density at radius 2 is 1.95 bits per heavy atom. The average molecular weight is 305 g/mol. The summed E-state index contributed by atoms with van der Waals surface area (Å²) in [5, 5.41) is 4.03. The lowest BCUT2D eigenvalue weighted by atomic mass is 10.1. The maximum absolute atomic E-state index is 6.29. The summed E-state index contributed by atoms with van der Waals surface area (Å²) in [6.45, 7) is 9.12. The number of rotatable bonds is 4. The number of halogens is 1. The maximum Gasteiger partial charge on any atom is 0.146 e. The van der Waals surface area contributed by atoms with Gasteiger partial charge in [0.25, 0.3) is 0 Å². The van der Waals surface area contributed by atoms with Gasteiger partial charge in [0, 0.05) is 17.8 Å². The first-order valence-corrected chi connectivity index (χ1v) is 7.35. The van der Waals surface area contributed by atoms with Crippen LogP contribution in [0.4, 0.5) is 0 Å². The molecule has 0 unspecified atom stereocenters. The van der Waals surface area contributed by atoms with E-state index in [-0.39, 0.29) is 5.54 Å². The van der Waals surface area contributed by atoms with Crippen molar-refractivity contribution < 1.29 is 4.74 Å². The second-order valence-corrected chi connectivity index (χ2v) is 6.51. The van der Waals surface area contributed by atoms with Gasteiger partial charge in [-0.1, -0.05) is 17.7 Å². The van der Waals surface area contributed by atoms with Crippen molar-refractivity contribution in [2.24, 2.45) is 0 Å². The maximum atomic E-state index is 6.29. The Balaban J connectivity index is 2.07. The Labute approximate surface area is 131 Å². The molecule has 1 N–H and O–H groups in total. The van der Waals surface area contributed by atoms with E-state index in [2.05, 4.69) is 31.1 Å². The van der Waals surface area contributed by atoms with E-state index < -0.39 is 0 Å².